The molecule has 2 aromatic carbocycles. The molecule has 0 unspecified atom stereocenters. The van der Waals surface area contributed by atoms with Crippen LogP contribution in [0.3, 0.4) is 0 Å². The molecule has 0 aliphatic rings. The summed E-state index contributed by atoms with van der Waals surface area (Å²) in [6.45, 7) is 2.88. The third kappa shape index (κ3) is 5.23. The van der Waals surface area contributed by atoms with Crippen LogP contribution < -0.4 is 4.72 Å². The topological polar surface area (TPSA) is 89.5 Å². The van der Waals surface area contributed by atoms with Crippen LogP contribution in [0.4, 0.5) is 0 Å². The van der Waals surface area contributed by atoms with Crippen molar-refractivity contribution >= 4 is 21.8 Å². The Morgan fingerprint density at radius 2 is 1.64 bits per heavy atom. The van der Waals surface area contributed by atoms with Crippen molar-refractivity contribution in [3.63, 3.8) is 0 Å². The molecule has 2 aromatic rings. The van der Waals surface area contributed by atoms with Gasteiger partial charge in [0.1, 0.15) is 12.6 Å². The molecular formula is C18H19NO5S. The van der Waals surface area contributed by atoms with Crippen LogP contribution in [0.15, 0.2) is 59.5 Å². The van der Waals surface area contributed by atoms with Crippen molar-refractivity contribution < 1.29 is 22.7 Å². The summed E-state index contributed by atoms with van der Waals surface area (Å²) in [6, 6.07) is 13.5. The van der Waals surface area contributed by atoms with Gasteiger partial charge in [0.25, 0.3) is 0 Å². The van der Waals surface area contributed by atoms with E-state index in [1.54, 1.807) is 12.1 Å². The van der Waals surface area contributed by atoms with E-state index in [1.807, 2.05) is 18.2 Å². The van der Waals surface area contributed by atoms with Gasteiger partial charge in [-0.05, 0) is 31.5 Å². The molecule has 6 nitrogen and oxygen atoms in total. The molecule has 0 spiro atoms. The van der Waals surface area contributed by atoms with Crippen LogP contribution in [-0.2, 0) is 26.2 Å². The summed E-state index contributed by atoms with van der Waals surface area (Å²) in [5.41, 5.74) is 1.22. The lowest BCUT2D eigenvalue weighted by molar-refractivity contribution is -0.146. The van der Waals surface area contributed by atoms with Crippen molar-refractivity contribution in [2.45, 2.75) is 31.4 Å². The second-order valence-corrected chi connectivity index (χ2v) is 7.23. The Bertz CT molecular complexity index is 845. The zero-order valence-corrected chi connectivity index (χ0v) is 14.7. The standard InChI is InChI=1S/C18H19NO5S/c1-13(18(21)24-12-15-6-4-3-5-7-15)19-25(22,23)17-10-8-16(9-11-17)14(2)20/h3-11,13,19H,12H2,1-2H3/t13-/m0/s1. The van der Waals surface area contributed by atoms with E-state index in [0.29, 0.717) is 5.56 Å². The molecule has 0 heterocycles. The van der Waals surface area contributed by atoms with Crippen molar-refractivity contribution in [1.82, 2.24) is 4.72 Å². The molecule has 1 atom stereocenters. The van der Waals surface area contributed by atoms with Crippen LogP contribution in [0.2, 0.25) is 0 Å². The minimum atomic E-state index is -3.89. The molecule has 0 bridgehead atoms. The minimum absolute atomic E-state index is 0.0276. The highest BCUT2D eigenvalue weighted by Gasteiger charge is 2.23. The molecule has 0 fully saturated rings. The van der Waals surface area contributed by atoms with E-state index in [9.17, 15) is 18.0 Å². The molecule has 132 valence electrons. The maximum absolute atomic E-state index is 12.3. The number of carbonyl (C=O) groups is 2. The number of ether oxygens (including phenoxy) is 1. The van der Waals surface area contributed by atoms with Crippen LogP contribution in [0.25, 0.3) is 0 Å². The molecule has 0 radical (unpaired) electrons. The smallest absolute Gasteiger partial charge is 0.324 e. The number of esters is 1. The Labute approximate surface area is 146 Å². The van der Waals surface area contributed by atoms with Crippen LogP contribution in [0.1, 0.15) is 29.8 Å². The first-order chi connectivity index (χ1) is 11.8. The predicted molar refractivity (Wildman–Crippen MR) is 92.5 cm³/mol. The molecule has 7 heteroatoms. The van der Waals surface area contributed by atoms with Gasteiger partial charge in [0.15, 0.2) is 5.78 Å². The monoisotopic (exact) mass is 361 g/mol. The Morgan fingerprint density at radius 1 is 1.04 bits per heavy atom. The van der Waals surface area contributed by atoms with Gasteiger partial charge in [0.2, 0.25) is 10.0 Å². The fraction of sp³-hybridized carbons (Fsp3) is 0.222. The first kappa shape index (κ1) is 18.8. The number of rotatable bonds is 7. The van der Waals surface area contributed by atoms with Gasteiger partial charge < -0.3 is 4.74 Å². The van der Waals surface area contributed by atoms with Gasteiger partial charge in [-0.1, -0.05) is 42.5 Å². The number of sulfonamides is 1. The SMILES string of the molecule is CC(=O)c1ccc(S(=O)(=O)N[C@@H](C)C(=O)OCc2ccccc2)cc1. The molecule has 0 aromatic heterocycles. The molecule has 1 N–H and O–H groups in total. The Hall–Kier alpha value is -2.51. The highest BCUT2D eigenvalue weighted by atomic mass is 32.2. The molecule has 0 amide bonds. The van der Waals surface area contributed by atoms with Gasteiger partial charge in [0.05, 0.1) is 4.90 Å². The van der Waals surface area contributed by atoms with Crippen LogP contribution in [0.5, 0.6) is 0 Å². The van der Waals surface area contributed by atoms with E-state index >= 15 is 0 Å². The normalized spacial score (nSPS) is 12.4. The molecule has 0 aliphatic heterocycles. The molecule has 25 heavy (non-hydrogen) atoms. The summed E-state index contributed by atoms with van der Waals surface area (Å²) in [5.74, 6) is -0.831. The molecule has 0 saturated heterocycles. The first-order valence-electron chi connectivity index (χ1n) is 7.63. The van der Waals surface area contributed by atoms with Gasteiger partial charge in [-0.2, -0.15) is 4.72 Å². The van der Waals surface area contributed by atoms with Gasteiger partial charge in [-0.15, -0.1) is 0 Å². The largest absolute Gasteiger partial charge is 0.460 e. The lowest BCUT2D eigenvalue weighted by atomic mass is 10.2. The number of ketones is 1. The van der Waals surface area contributed by atoms with E-state index < -0.39 is 22.0 Å². The number of carbonyl (C=O) groups excluding carboxylic acids is 2. The van der Waals surface area contributed by atoms with E-state index in [-0.39, 0.29) is 17.3 Å². The van der Waals surface area contributed by atoms with Crippen LogP contribution >= 0.6 is 0 Å². The van der Waals surface area contributed by atoms with Crippen molar-refractivity contribution in [2.75, 3.05) is 0 Å². The second kappa shape index (κ2) is 8.04. The summed E-state index contributed by atoms with van der Waals surface area (Å²) in [6.07, 6.45) is 0. The first-order valence-corrected chi connectivity index (χ1v) is 9.12. The second-order valence-electron chi connectivity index (χ2n) is 5.52. The molecule has 0 aliphatic carbocycles. The Morgan fingerprint density at radius 3 is 2.20 bits per heavy atom. The maximum Gasteiger partial charge on any atom is 0.324 e. The van der Waals surface area contributed by atoms with E-state index in [4.69, 9.17) is 4.74 Å². The average molecular weight is 361 g/mol. The van der Waals surface area contributed by atoms with Crippen LogP contribution in [-0.4, -0.2) is 26.2 Å². The zero-order valence-electron chi connectivity index (χ0n) is 13.9. The summed E-state index contributed by atoms with van der Waals surface area (Å²) in [4.78, 5) is 23.2. The van der Waals surface area contributed by atoms with Crippen molar-refractivity contribution in [3.8, 4) is 0 Å². The van der Waals surface area contributed by atoms with Crippen molar-refractivity contribution in [2.24, 2.45) is 0 Å². The lowest BCUT2D eigenvalue weighted by Crippen LogP contribution is -2.39. The summed E-state index contributed by atoms with van der Waals surface area (Å²) >= 11 is 0. The summed E-state index contributed by atoms with van der Waals surface area (Å²) < 4.78 is 32.0. The highest BCUT2D eigenvalue weighted by Crippen LogP contribution is 2.12. The van der Waals surface area contributed by atoms with Crippen molar-refractivity contribution in [1.29, 1.82) is 0 Å². The number of hydrogen-bond acceptors (Lipinski definition) is 5. The van der Waals surface area contributed by atoms with Gasteiger partial charge in [0, 0.05) is 5.56 Å². The number of nitrogens with one attached hydrogen (secondary N) is 1. The lowest BCUT2D eigenvalue weighted by Gasteiger charge is -2.14. The quantitative estimate of drug-likeness (QED) is 0.604. The third-order valence-electron chi connectivity index (χ3n) is 3.48. The summed E-state index contributed by atoms with van der Waals surface area (Å²) in [5, 5.41) is 0. The fourth-order valence-electron chi connectivity index (χ4n) is 2.07. The van der Waals surface area contributed by atoms with E-state index in [1.165, 1.54) is 38.1 Å². The van der Waals surface area contributed by atoms with Gasteiger partial charge >= 0.3 is 5.97 Å². The predicted octanol–water partition coefficient (Wildman–Crippen LogP) is 2.30. The van der Waals surface area contributed by atoms with E-state index in [0.717, 1.165) is 5.56 Å². The van der Waals surface area contributed by atoms with Gasteiger partial charge in [-0.3, -0.25) is 9.59 Å². The molecule has 0 saturated carbocycles. The van der Waals surface area contributed by atoms with Crippen LogP contribution in [0, 0.1) is 0 Å². The average Bonchev–Trinajstić information content (AvgIpc) is 2.60. The maximum atomic E-state index is 12.3. The number of benzene rings is 2. The fourth-order valence-corrected chi connectivity index (χ4v) is 3.26. The van der Waals surface area contributed by atoms with E-state index in [2.05, 4.69) is 4.72 Å². The Balaban J connectivity index is 1.98. The number of Topliss-reactive ketones (excluding diaryl/α,β-unsaturated/α-hetero) is 1. The summed E-state index contributed by atoms with van der Waals surface area (Å²) in [7, 11) is -3.89. The third-order valence-corrected chi connectivity index (χ3v) is 5.04. The van der Waals surface area contributed by atoms with Crippen molar-refractivity contribution in [3.05, 3.63) is 65.7 Å². The Kier molecular flexibility index (Phi) is 6.06. The molecule has 2 rings (SSSR count). The zero-order chi connectivity index (χ0) is 18.4. The number of hydrogen-bond donors (Lipinski definition) is 1. The minimum Gasteiger partial charge on any atom is -0.460 e. The molecular weight excluding hydrogens is 342 g/mol. The van der Waals surface area contributed by atoms with Gasteiger partial charge in [-0.25, -0.2) is 8.42 Å². The highest BCUT2D eigenvalue weighted by molar-refractivity contribution is 7.89.